The summed E-state index contributed by atoms with van der Waals surface area (Å²) in [4.78, 5) is 18.1. The monoisotopic (exact) mass is 392 g/mol. The van der Waals surface area contributed by atoms with E-state index in [1.54, 1.807) is 0 Å². The van der Waals surface area contributed by atoms with Gasteiger partial charge in [-0.25, -0.2) is 4.98 Å². The fourth-order valence-electron chi connectivity index (χ4n) is 3.03. The van der Waals surface area contributed by atoms with Crippen LogP contribution in [-0.4, -0.2) is 27.4 Å². The molecule has 6 heteroatoms. The number of ether oxygens (including phenoxy) is 1. The van der Waals surface area contributed by atoms with Crippen LogP contribution >= 0.6 is 11.3 Å². The number of para-hydroxylation sites is 1. The van der Waals surface area contributed by atoms with E-state index in [1.807, 2.05) is 66.9 Å². The largest absolute Gasteiger partial charge is 0.491 e. The van der Waals surface area contributed by atoms with Crippen LogP contribution in [0.3, 0.4) is 0 Å². The number of hydrogen-bond donors (Lipinski definition) is 1. The minimum atomic E-state index is -0.821. The van der Waals surface area contributed by atoms with Crippen LogP contribution < -0.4 is 10.3 Å². The number of aliphatic hydroxyl groups is 1. The van der Waals surface area contributed by atoms with Crippen molar-refractivity contribution in [1.82, 2.24) is 9.55 Å². The highest BCUT2D eigenvalue weighted by Crippen LogP contribution is 2.30. The molecule has 0 aliphatic carbocycles. The van der Waals surface area contributed by atoms with Gasteiger partial charge in [-0.05, 0) is 24.6 Å². The lowest BCUT2D eigenvalue weighted by molar-refractivity contribution is 0.0915. The number of hydrogen-bond acceptors (Lipinski definition) is 5. The average molecular weight is 392 g/mol. The van der Waals surface area contributed by atoms with Crippen LogP contribution in [0.25, 0.3) is 21.3 Å². The van der Waals surface area contributed by atoms with Gasteiger partial charge in [-0.15, -0.1) is 11.3 Å². The van der Waals surface area contributed by atoms with Gasteiger partial charge in [0.2, 0.25) is 0 Å². The van der Waals surface area contributed by atoms with E-state index in [0.29, 0.717) is 16.0 Å². The summed E-state index contributed by atoms with van der Waals surface area (Å²) < 4.78 is 7.02. The van der Waals surface area contributed by atoms with Crippen molar-refractivity contribution < 1.29 is 9.84 Å². The molecule has 0 saturated heterocycles. The Morgan fingerprint density at radius 2 is 1.89 bits per heavy atom. The Hall–Kier alpha value is -2.96. The molecule has 0 aliphatic heterocycles. The lowest BCUT2D eigenvalue weighted by Crippen LogP contribution is -2.30. The standard InChI is InChI=1S/C22H20N2O3S/c1-15-7-9-16(10-8-15)19-13-28-21-20(19)22(26)24(14-23-21)11-17(25)12-27-18-5-3-2-4-6-18/h2-10,13-14,17,25H,11-12H2,1H3/t17-/m0/s1. The van der Waals surface area contributed by atoms with Crippen molar-refractivity contribution in [1.29, 1.82) is 0 Å². The maximum absolute atomic E-state index is 13.0. The Kier molecular flexibility index (Phi) is 5.23. The maximum atomic E-state index is 13.0. The van der Waals surface area contributed by atoms with Gasteiger partial charge in [0.25, 0.3) is 5.56 Å². The predicted molar refractivity (Wildman–Crippen MR) is 112 cm³/mol. The third kappa shape index (κ3) is 3.83. The first-order valence-electron chi connectivity index (χ1n) is 9.01. The van der Waals surface area contributed by atoms with Crippen molar-refractivity contribution in [2.75, 3.05) is 6.61 Å². The minimum absolute atomic E-state index is 0.100. The van der Waals surface area contributed by atoms with Crippen LogP contribution in [0.2, 0.25) is 0 Å². The molecule has 4 aromatic rings. The summed E-state index contributed by atoms with van der Waals surface area (Å²) in [5.74, 6) is 0.682. The molecule has 2 heterocycles. The third-order valence-corrected chi connectivity index (χ3v) is 5.40. The molecule has 0 bridgehead atoms. The Morgan fingerprint density at radius 3 is 2.64 bits per heavy atom. The van der Waals surface area contributed by atoms with Crippen LogP contribution in [0, 0.1) is 6.92 Å². The molecule has 28 heavy (non-hydrogen) atoms. The molecule has 0 fully saturated rings. The molecular weight excluding hydrogens is 372 g/mol. The van der Waals surface area contributed by atoms with E-state index in [2.05, 4.69) is 4.98 Å². The topological polar surface area (TPSA) is 64.3 Å². The number of aromatic nitrogens is 2. The Balaban J connectivity index is 1.58. The van der Waals surface area contributed by atoms with Crippen LogP contribution in [0.1, 0.15) is 5.56 Å². The summed E-state index contributed by atoms with van der Waals surface area (Å²) in [7, 11) is 0. The van der Waals surface area contributed by atoms with E-state index in [4.69, 9.17) is 4.74 Å². The summed E-state index contributed by atoms with van der Waals surface area (Å²) in [5.41, 5.74) is 2.88. The zero-order chi connectivity index (χ0) is 19.5. The number of aryl methyl sites for hydroxylation is 1. The zero-order valence-corrected chi connectivity index (χ0v) is 16.2. The lowest BCUT2D eigenvalue weighted by Gasteiger charge is -2.14. The highest BCUT2D eigenvalue weighted by atomic mass is 32.1. The number of aliphatic hydroxyl groups excluding tert-OH is 1. The summed E-state index contributed by atoms with van der Waals surface area (Å²) in [6, 6.07) is 17.4. The van der Waals surface area contributed by atoms with E-state index in [-0.39, 0.29) is 18.7 Å². The van der Waals surface area contributed by atoms with Gasteiger partial charge in [0.1, 0.15) is 23.3 Å². The molecule has 1 atom stereocenters. The van der Waals surface area contributed by atoms with Crippen LogP contribution in [0.5, 0.6) is 5.75 Å². The van der Waals surface area contributed by atoms with Crippen molar-refractivity contribution in [3.8, 4) is 16.9 Å². The SMILES string of the molecule is Cc1ccc(-c2csc3ncn(C[C@H](O)COc4ccccc4)c(=O)c23)cc1. The second-order valence-electron chi connectivity index (χ2n) is 6.68. The summed E-state index contributed by atoms with van der Waals surface area (Å²) >= 11 is 1.45. The molecule has 1 N–H and O–H groups in total. The van der Waals surface area contributed by atoms with E-state index >= 15 is 0 Å². The van der Waals surface area contributed by atoms with Gasteiger partial charge in [0, 0.05) is 10.9 Å². The lowest BCUT2D eigenvalue weighted by atomic mass is 10.1. The molecule has 0 radical (unpaired) electrons. The first kappa shape index (κ1) is 18.4. The molecular formula is C22H20N2O3S. The second-order valence-corrected chi connectivity index (χ2v) is 7.53. The van der Waals surface area contributed by atoms with Gasteiger partial charge < -0.3 is 9.84 Å². The zero-order valence-electron chi connectivity index (χ0n) is 15.4. The van der Waals surface area contributed by atoms with Crippen molar-refractivity contribution >= 4 is 21.6 Å². The fraction of sp³-hybridized carbons (Fsp3) is 0.182. The smallest absolute Gasteiger partial charge is 0.262 e. The highest BCUT2D eigenvalue weighted by Gasteiger charge is 2.15. The quantitative estimate of drug-likeness (QED) is 0.541. The van der Waals surface area contributed by atoms with Crippen molar-refractivity contribution in [3.63, 3.8) is 0 Å². The molecule has 0 saturated carbocycles. The Morgan fingerprint density at radius 1 is 1.14 bits per heavy atom. The van der Waals surface area contributed by atoms with Crippen LogP contribution in [0.15, 0.2) is 71.1 Å². The molecule has 0 spiro atoms. The van der Waals surface area contributed by atoms with Crippen molar-refractivity contribution in [3.05, 3.63) is 82.2 Å². The number of rotatable bonds is 6. The number of benzene rings is 2. The third-order valence-electron chi connectivity index (χ3n) is 4.52. The molecule has 0 unspecified atom stereocenters. The van der Waals surface area contributed by atoms with E-state index in [1.165, 1.54) is 27.8 Å². The predicted octanol–water partition coefficient (Wildman–Crippen LogP) is 3.87. The van der Waals surface area contributed by atoms with Crippen LogP contribution in [-0.2, 0) is 6.54 Å². The number of thiophene rings is 1. The van der Waals surface area contributed by atoms with Gasteiger partial charge in [0.05, 0.1) is 18.3 Å². The molecule has 4 rings (SSSR count). The first-order chi connectivity index (χ1) is 13.6. The highest BCUT2D eigenvalue weighted by molar-refractivity contribution is 7.17. The van der Waals surface area contributed by atoms with Gasteiger partial charge in [-0.3, -0.25) is 9.36 Å². The average Bonchev–Trinajstić information content (AvgIpc) is 3.15. The van der Waals surface area contributed by atoms with Crippen LogP contribution in [0.4, 0.5) is 0 Å². The van der Waals surface area contributed by atoms with Gasteiger partial charge >= 0.3 is 0 Å². The van der Waals surface area contributed by atoms with E-state index in [9.17, 15) is 9.90 Å². The molecule has 0 aliphatic rings. The van der Waals surface area contributed by atoms with E-state index < -0.39 is 6.10 Å². The van der Waals surface area contributed by atoms with Gasteiger partial charge in [-0.1, -0.05) is 48.0 Å². The Labute approximate surface area is 166 Å². The summed E-state index contributed by atoms with van der Waals surface area (Å²) in [6.07, 6.45) is 0.671. The van der Waals surface area contributed by atoms with Gasteiger partial charge in [0.15, 0.2) is 0 Å². The van der Waals surface area contributed by atoms with Crippen molar-refractivity contribution in [2.24, 2.45) is 0 Å². The Bertz CT molecular complexity index is 1130. The van der Waals surface area contributed by atoms with E-state index in [0.717, 1.165) is 11.1 Å². The molecule has 2 aromatic heterocycles. The fourth-order valence-corrected chi connectivity index (χ4v) is 3.94. The second kappa shape index (κ2) is 7.96. The summed E-state index contributed by atoms with van der Waals surface area (Å²) in [5, 5.41) is 12.9. The normalized spacial score (nSPS) is 12.2. The van der Waals surface area contributed by atoms with Crippen molar-refractivity contribution in [2.45, 2.75) is 19.6 Å². The number of fused-ring (bicyclic) bond motifs is 1. The molecule has 142 valence electrons. The molecule has 5 nitrogen and oxygen atoms in total. The maximum Gasteiger partial charge on any atom is 0.262 e. The number of nitrogens with zero attached hydrogens (tertiary/aromatic N) is 2. The molecule has 0 amide bonds. The first-order valence-corrected chi connectivity index (χ1v) is 9.89. The minimum Gasteiger partial charge on any atom is -0.491 e. The summed E-state index contributed by atoms with van der Waals surface area (Å²) in [6.45, 7) is 2.25. The molecule has 2 aromatic carbocycles. The van der Waals surface area contributed by atoms with Gasteiger partial charge in [-0.2, -0.15) is 0 Å².